The van der Waals surface area contributed by atoms with Gasteiger partial charge in [0, 0.05) is 12.6 Å². The molecule has 0 radical (unpaired) electrons. The summed E-state index contributed by atoms with van der Waals surface area (Å²) in [6.45, 7) is 12.2. The highest BCUT2D eigenvalue weighted by Gasteiger charge is 2.09. The van der Waals surface area contributed by atoms with E-state index in [1.165, 1.54) is 0 Å². The van der Waals surface area contributed by atoms with Crippen molar-refractivity contribution in [3.8, 4) is 5.75 Å². The van der Waals surface area contributed by atoms with Gasteiger partial charge >= 0.3 is 0 Å². The fraction of sp³-hybridized carbons (Fsp3) is 0.500. The van der Waals surface area contributed by atoms with Crippen LogP contribution in [0.25, 0.3) is 0 Å². The molecule has 0 fully saturated rings. The van der Waals surface area contributed by atoms with Gasteiger partial charge in [-0.15, -0.1) is 24.0 Å². The van der Waals surface area contributed by atoms with E-state index in [0.29, 0.717) is 19.0 Å². The molecular weight excluding hydrogens is 455 g/mol. The van der Waals surface area contributed by atoms with Gasteiger partial charge in [-0.2, -0.15) is 0 Å². The summed E-state index contributed by atoms with van der Waals surface area (Å²) >= 11 is 0. The maximum atomic E-state index is 5.99. The number of benzene rings is 1. The molecule has 1 aromatic heterocycles. The smallest absolute Gasteiger partial charge is 0.191 e. The largest absolute Gasteiger partial charge is 0.489 e. The summed E-state index contributed by atoms with van der Waals surface area (Å²) in [5.41, 5.74) is 2.08. The molecule has 6 nitrogen and oxygen atoms in total. The first-order valence-electron chi connectivity index (χ1n) is 9.19. The Morgan fingerprint density at radius 2 is 1.96 bits per heavy atom. The minimum Gasteiger partial charge on any atom is -0.489 e. The van der Waals surface area contributed by atoms with Gasteiger partial charge < -0.3 is 19.9 Å². The van der Waals surface area contributed by atoms with Crippen molar-refractivity contribution in [1.82, 2.24) is 15.8 Å². The zero-order valence-corrected chi connectivity index (χ0v) is 19.1. The highest BCUT2D eigenvalue weighted by Crippen LogP contribution is 2.17. The van der Waals surface area contributed by atoms with Gasteiger partial charge in [-0.1, -0.05) is 37.2 Å². The van der Waals surface area contributed by atoms with E-state index in [-0.39, 0.29) is 30.1 Å². The number of aromatic nitrogens is 1. The highest BCUT2D eigenvalue weighted by molar-refractivity contribution is 14.0. The summed E-state index contributed by atoms with van der Waals surface area (Å²) in [7, 11) is 0. The van der Waals surface area contributed by atoms with Crippen molar-refractivity contribution in [2.24, 2.45) is 4.99 Å². The zero-order chi connectivity index (χ0) is 18.9. The Kier molecular flexibility index (Phi) is 10.2. The number of para-hydroxylation sites is 1. The molecule has 1 atom stereocenters. The third kappa shape index (κ3) is 7.78. The zero-order valence-electron chi connectivity index (χ0n) is 16.8. The molecule has 0 amide bonds. The van der Waals surface area contributed by atoms with Gasteiger partial charge in [0.25, 0.3) is 0 Å². The first-order chi connectivity index (χ1) is 12.5. The Labute approximate surface area is 179 Å². The molecule has 0 aliphatic rings. The molecule has 2 aromatic rings. The van der Waals surface area contributed by atoms with E-state index in [1.54, 1.807) is 0 Å². The van der Waals surface area contributed by atoms with E-state index >= 15 is 0 Å². The summed E-state index contributed by atoms with van der Waals surface area (Å²) in [6, 6.07) is 9.98. The minimum absolute atomic E-state index is 0. The third-order valence-corrected chi connectivity index (χ3v) is 3.88. The first kappa shape index (κ1) is 23.3. The van der Waals surface area contributed by atoms with E-state index in [2.05, 4.69) is 34.6 Å². The summed E-state index contributed by atoms with van der Waals surface area (Å²) in [6.07, 6.45) is 0.0118. The summed E-state index contributed by atoms with van der Waals surface area (Å²) in [4.78, 5) is 4.56. The third-order valence-electron chi connectivity index (χ3n) is 3.88. The van der Waals surface area contributed by atoms with E-state index in [0.717, 1.165) is 35.3 Å². The number of aryl methyl sites for hydroxylation is 1. The molecule has 0 bridgehead atoms. The fourth-order valence-corrected chi connectivity index (χ4v) is 2.36. The Hall–Kier alpha value is -1.77. The van der Waals surface area contributed by atoms with Crippen LogP contribution in [0.3, 0.4) is 0 Å². The lowest BCUT2D eigenvalue weighted by atomic mass is 10.1. The molecule has 2 rings (SSSR count). The lowest BCUT2D eigenvalue weighted by Gasteiger charge is -2.18. The van der Waals surface area contributed by atoms with Crippen molar-refractivity contribution in [3.63, 3.8) is 0 Å². The van der Waals surface area contributed by atoms with Crippen LogP contribution in [0.2, 0.25) is 0 Å². The summed E-state index contributed by atoms with van der Waals surface area (Å²) < 4.78 is 11.3. The normalized spacial score (nSPS) is 12.4. The van der Waals surface area contributed by atoms with Crippen molar-refractivity contribution in [1.29, 1.82) is 0 Å². The van der Waals surface area contributed by atoms with Gasteiger partial charge in [-0.25, -0.2) is 4.99 Å². The molecule has 0 saturated carbocycles. The lowest BCUT2D eigenvalue weighted by molar-refractivity contribution is 0.222. The van der Waals surface area contributed by atoms with Crippen molar-refractivity contribution in [2.75, 3.05) is 13.1 Å². The van der Waals surface area contributed by atoms with Gasteiger partial charge in [0.1, 0.15) is 18.4 Å². The van der Waals surface area contributed by atoms with E-state index in [4.69, 9.17) is 9.26 Å². The van der Waals surface area contributed by atoms with Gasteiger partial charge in [0.2, 0.25) is 0 Å². The Morgan fingerprint density at radius 1 is 1.22 bits per heavy atom. The summed E-state index contributed by atoms with van der Waals surface area (Å²) in [5.74, 6) is 2.75. The van der Waals surface area contributed by atoms with Crippen LogP contribution in [0.15, 0.2) is 39.8 Å². The van der Waals surface area contributed by atoms with Crippen LogP contribution < -0.4 is 15.4 Å². The molecule has 0 aliphatic heterocycles. The topological polar surface area (TPSA) is 71.7 Å². The van der Waals surface area contributed by atoms with Crippen LogP contribution in [0.5, 0.6) is 5.75 Å². The van der Waals surface area contributed by atoms with Crippen LogP contribution >= 0.6 is 24.0 Å². The Morgan fingerprint density at radius 3 is 2.59 bits per heavy atom. The predicted molar refractivity (Wildman–Crippen MR) is 120 cm³/mol. The molecule has 0 aliphatic carbocycles. The molecular formula is C20H31IN4O2. The number of hydrogen-bond acceptors (Lipinski definition) is 4. The molecule has 0 spiro atoms. The fourth-order valence-electron chi connectivity index (χ4n) is 2.36. The molecule has 27 heavy (non-hydrogen) atoms. The SMILES string of the molecule is CCNC(=NCc1cc(C(C)C)no1)NCC(C)Oc1ccccc1C.I. The highest BCUT2D eigenvalue weighted by atomic mass is 127. The van der Waals surface area contributed by atoms with Crippen molar-refractivity contribution in [3.05, 3.63) is 47.3 Å². The number of ether oxygens (including phenoxy) is 1. The van der Waals surface area contributed by atoms with E-state index in [1.807, 2.05) is 51.1 Å². The molecule has 1 aromatic carbocycles. The first-order valence-corrected chi connectivity index (χ1v) is 9.19. The number of hydrogen-bond donors (Lipinski definition) is 2. The van der Waals surface area contributed by atoms with Crippen LogP contribution in [-0.2, 0) is 6.54 Å². The Bertz CT molecular complexity index is 716. The van der Waals surface area contributed by atoms with Gasteiger partial charge in [0.05, 0.1) is 12.2 Å². The number of nitrogens with zero attached hydrogens (tertiary/aromatic N) is 2. The van der Waals surface area contributed by atoms with Gasteiger partial charge in [-0.05, 0) is 38.3 Å². The van der Waals surface area contributed by atoms with Crippen molar-refractivity contribution in [2.45, 2.75) is 53.2 Å². The van der Waals surface area contributed by atoms with Crippen LogP contribution in [-0.4, -0.2) is 30.3 Å². The number of nitrogens with one attached hydrogen (secondary N) is 2. The lowest BCUT2D eigenvalue weighted by Crippen LogP contribution is -2.41. The predicted octanol–water partition coefficient (Wildman–Crippen LogP) is 4.25. The second kappa shape index (κ2) is 11.8. The second-order valence-electron chi connectivity index (χ2n) is 6.64. The summed E-state index contributed by atoms with van der Waals surface area (Å²) in [5, 5.41) is 10.6. The maximum Gasteiger partial charge on any atom is 0.191 e. The monoisotopic (exact) mass is 486 g/mol. The van der Waals surface area contributed by atoms with Crippen LogP contribution in [0.4, 0.5) is 0 Å². The molecule has 150 valence electrons. The number of aliphatic imine (C=N–C) groups is 1. The molecule has 1 unspecified atom stereocenters. The van der Waals surface area contributed by atoms with Gasteiger partial charge in [0.15, 0.2) is 11.7 Å². The van der Waals surface area contributed by atoms with E-state index in [9.17, 15) is 0 Å². The molecule has 0 saturated heterocycles. The number of halogens is 1. The standard InChI is InChI=1S/C20H30N4O2.HI/c1-6-21-20(23-13-17-11-18(14(2)3)24-26-17)22-12-16(5)25-19-10-8-7-9-15(19)4;/h7-11,14,16H,6,12-13H2,1-5H3,(H2,21,22,23);1H. The van der Waals surface area contributed by atoms with Crippen LogP contribution in [0, 0.1) is 6.92 Å². The average molecular weight is 486 g/mol. The minimum atomic E-state index is 0. The number of rotatable bonds is 8. The van der Waals surface area contributed by atoms with Gasteiger partial charge in [-0.3, -0.25) is 0 Å². The number of guanidine groups is 1. The molecule has 7 heteroatoms. The molecule has 1 heterocycles. The van der Waals surface area contributed by atoms with E-state index < -0.39 is 0 Å². The quantitative estimate of drug-likeness (QED) is 0.332. The Balaban J connectivity index is 0.00000364. The molecule has 2 N–H and O–H groups in total. The second-order valence-corrected chi connectivity index (χ2v) is 6.64. The van der Waals surface area contributed by atoms with Crippen molar-refractivity contribution < 1.29 is 9.26 Å². The maximum absolute atomic E-state index is 5.99. The van der Waals surface area contributed by atoms with Crippen molar-refractivity contribution >= 4 is 29.9 Å². The average Bonchev–Trinajstić information content (AvgIpc) is 3.09. The van der Waals surface area contributed by atoms with Crippen LogP contribution in [0.1, 0.15) is 50.6 Å².